The third-order valence-corrected chi connectivity index (χ3v) is 10.4. The Kier molecular flexibility index (Phi) is 9.50. The summed E-state index contributed by atoms with van der Waals surface area (Å²) in [5, 5.41) is 0. The molecule has 2 unspecified atom stereocenters. The van der Waals surface area contributed by atoms with Crippen molar-refractivity contribution in [2.24, 2.45) is 9.98 Å². The van der Waals surface area contributed by atoms with Crippen LogP contribution in [0.1, 0.15) is 75.1 Å². The van der Waals surface area contributed by atoms with Crippen molar-refractivity contribution in [3.8, 4) is 17.2 Å². The molecular formula is C44H43N5O5. The zero-order valence-electron chi connectivity index (χ0n) is 30.7. The van der Waals surface area contributed by atoms with Gasteiger partial charge in [-0.2, -0.15) is 0 Å². The van der Waals surface area contributed by atoms with Crippen molar-refractivity contribution in [3.63, 3.8) is 0 Å². The van der Waals surface area contributed by atoms with Gasteiger partial charge in [0.2, 0.25) is 0 Å². The van der Waals surface area contributed by atoms with Gasteiger partial charge in [0.05, 0.1) is 54.9 Å². The number of aliphatic imine (C=N–C) groups is 2. The van der Waals surface area contributed by atoms with Gasteiger partial charge in [-0.25, -0.2) is 0 Å². The van der Waals surface area contributed by atoms with Gasteiger partial charge in [0.15, 0.2) is 11.5 Å². The third kappa shape index (κ3) is 6.87. The fraction of sp³-hybridized carbons (Fsp3) is 0.273. The number of fused-ring (bicyclic) bond motifs is 4. The summed E-state index contributed by atoms with van der Waals surface area (Å²) < 4.78 is 18.0. The van der Waals surface area contributed by atoms with E-state index in [1.54, 1.807) is 29.0 Å². The van der Waals surface area contributed by atoms with Crippen LogP contribution in [0, 0.1) is 13.8 Å². The molecule has 0 bridgehead atoms. The number of methoxy groups -OCH3 is 1. The van der Waals surface area contributed by atoms with Crippen LogP contribution in [0.5, 0.6) is 17.2 Å². The topological polar surface area (TPSA) is 119 Å². The molecule has 4 heterocycles. The van der Waals surface area contributed by atoms with Crippen molar-refractivity contribution in [1.29, 1.82) is 0 Å². The zero-order chi connectivity index (χ0) is 37.3. The van der Waals surface area contributed by atoms with Gasteiger partial charge in [0.25, 0.3) is 11.8 Å². The van der Waals surface area contributed by atoms with Crippen LogP contribution in [0.15, 0.2) is 95.2 Å². The van der Waals surface area contributed by atoms with Crippen molar-refractivity contribution in [3.05, 3.63) is 119 Å². The van der Waals surface area contributed by atoms with E-state index >= 15 is 0 Å². The summed E-state index contributed by atoms with van der Waals surface area (Å²) in [6, 6.07) is 23.1. The highest BCUT2D eigenvalue weighted by Gasteiger charge is 2.34. The minimum Gasteiger partial charge on any atom is -0.493 e. The second-order valence-electron chi connectivity index (χ2n) is 14.2. The number of unbranched alkanes of at least 4 members (excludes halogenated alkanes) is 2. The van der Waals surface area contributed by atoms with Crippen LogP contribution in [-0.2, 0) is 0 Å². The molecule has 0 aliphatic carbocycles. The van der Waals surface area contributed by atoms with Gasteiger partial charge in [-0.1, -0.05) is 42.0 Å². The molecule has 0 fully saturated rings. The van der Waals surface area contributed by atoms with Gasteiger partial charge in [0.1, 0.15) is 5.75 Å². The fourth-order valence-corrected chi connectivity index (χ4v) is 7.36. The summed E-state index contributed by atoms with van der Waals surface area (Å²) in [5.74, 6) is 1.61. The number of benzene rings is 4. The van der Waals surface area contributed by atoms with E-state index in [0.717, 1.165) is 52.8 Å². The van der Waals surface area contributed by atoms with E-state index in [1.807, 2.05) is 68.2 Å². The Morgan fingerprint density at radius 3 is 1.76 bits per heavy atom. The first kappa shape index (κ1) is 34.9. The first-order valence-corrected chi connectivity index (χ1v) is 18.5. The van der Waals surface area contributed by atoms with Gasteiger partial charge in [-0.3, -0.25) is 19.6 Å². The Morgan fingerprint density at radius 1 is 0.667 bits per heavy atom. The Hall–Kier alpha value is -6.16. The summed E-state index contributed by atoms with van der Waals surface area (Å²) in [5.41, 5.74) is 15.3. The molecule has 4 aliphatic heterocycles. The number of carbonyl (C=O) groups excluding carboxylic acids is 2. The number of aryl methyl sites for hydroxylation is 2. The number of nitrogens with two attached hydrogens (primary N) is 1. The van der Waals surface area contributed by atoms with Crippen molar-refractivity contribution < 1.29 is 23.8 Å². The maximum absolute atomic E-state index is 13.7. The Balaban J connectivity index is 0.839. The average Bonchev–Trinajstić information content (AvgIpc) is 3.76. The van der Waals surface area contributed by atoms with Gasteiger partial charge < -0.3 is 29.7 Å². The maximum Gasteiger partial charge on any atom is 0.260 e. The standard InChI is InChI=1S/C44H43N5O5/c1-27-7-9-29(10-8-27)31-18-35-24-47-39-22-42(41(52-3)20-37(39)44(51)49(35)25-31)54-16-6-4-5-15-53-40-21-38-36(17-28(40)2)43(50)48-26-32(19-34(48)23-46-38)30-11-13-33(45)14-12-30/h7-14,17,20-26,34-35H,4-6,15-16,18-19,45H2,1-3H3. The van der Waals surface area contributed by atoms with Gasteiger partial charge in [-0.05, 0) is 85.2 Å². The number of carbonyl (C=O) groups is 2. The van der Waals surface area contributed by atoms with E-state index in [9.17, 15) is 9.59 Å². The molecular weight excluding hydrogens is 679 g/mol. The van der Waals surface area contributed by atoms with E-state index in [-0.39, 0.29) is 23.9 Å². The SMILES string of the molecule is COc1cc2c(cc1OCCCCCOc1cc3c(cc1C)C(=O)N1C=C(c4ccc(N)cc4)CC1C=N3)N=CC1CC(c3ccc(C)cc3)=CN1C2=O. The number of nitrogen functional groups attached to an aromatic ring is 1. The first-order chi connectivity index (χ1) is 26.2. The van der Waals surface area contributed by atoms with E-state index < -0.39 is 0 Å². The lowest BCUT2D eigenvalue weighted by Crippen LogP contribution is -2.32. The van der Waals surface area contributed by atoms with Crippen LogP contribution in [0.2, 0.25) is 0 Å². The third-order valence-electron chi connectivity index (χ3n) is 10.4. The molecule has 2 amide bonds. The van der Waals surface area contributed by atoms with Crippen LogP contribution in [0.4, 0.5) is 17.1 Å². The van der Waals surface area contributed by atoms with Crippen LogP contribution >= 0.6 is 0 Å². The Bertz CT molecular complexity index is 2240. The van der Waals surface area contributed by atoms with Crippen molar-refractivity contribution in [2.75, 3.05) is 26.1 Å². The smallest absolute Gasteiger partial charge is 0.260 e. The van der Waals surface area contributed by atoms with Crippen LogP contribution < -0.4 is 19.9 Å². The lowest BCUT2D eigenvalue weighted by Gasteiger charge is -2.19. The van der Waals surface area contributed by atoms with Crippen molar-refractivity contribution >= 4 is 52.5 Å². The minimum absolute atomic E-state index is 0.0675. The molecule has 4 aromatic rings. The molecule has 10 heteroatoms. The number of nitrogens with zero attached hydrogens (tertiary/aromatic N) is 4. The lowest BCUT2D eigenvalue weighted by molar-refractivity contribution is 0.0809. The average molecular weight is 722 g/mol. The highest BCUT2D eigenvalue weighted by molar-refractivity contribution is 6.06. The number of ether oxygens (including phenoxy) is 3. The largest absolute Gasteiger partial charge is 0.493 e. The van der Waals surface area contributed by atoms with E-state index in [0.29, 0.717) is 65.7 Å². The Morgan fingerprint density at radius 2 is 1.19 bits per heavy atom. The Labute approximate surface area is 315 Å². The normalized spacial score (nSPS) is 18.3. The van der Waals surface area contributed by atoms with Crippen LogP contribution in [-0.4, -0.2) is 66.5 Å². The van der Waals surface area contributed by atoms with Crippen molar-refractivity contribution in [2.45, 2.75) is 58.0 Å². The molecule has 274 valence electrons. The molecule has 2 atom stereocenters. The molecule has 0 saturated carbocycles. The predicted molar refractivity (Wildman–Crippen MR) is 212 cm³/mol. The van der Waals surface area contributed by atoms with Gasteiger partial charge in [0, 0.05) is 55.5 Å². The summed E-state index contributed by atoms with van der Waals surface area (Å²) in [6.45, 7) is 5.02. The summed E-state index contributed by atoms with van der Waals surface area (Å²) >= 11 is 0. The number of hydrogen-bond donors (Lipinski definition) is 1. The summed E-state index contributed by atoms with van der Waals surface area (Å²) in [4.78, 5) is 40.3. The molecule has 4 aliphatic rings. The monoisotopic (exact) mass is 721 g/mol. The summed E-state index contributed by atoms with van der Waals surface area (Å²) in [6.07, 6.45) is 11.5. The highest BCUT2D eigenvalue weighted by Crippen LogP contribution is 2.40. The molecule has 54 heavy (non-hydrogen) atoms. The molecule has 0 radical (unpaired) electrons. The fourth-order valence-electron chi connectivity index (χ4n) is 7.36. The van der Waals surface area contributed by atoms with Crippen LogP contribution in [0.25, 0.3) is 11.1 Å². The molecule has 10 nitrogen and oxygen atoms in total. The zero-order valence-corrected chi connectivity index (χ0v) is 30.7. The van der Waals surface area contributed by atoms with Gasteiger partial charge in [-0.15, -0.1) is 0 Å². The number of amides is 2. The number of hydrogen-bond acceptors (Lipinski definition) is 8. The highest BCUT2D eigenvalue weighted by atomic mass is 16.5. The maximum atomic E-state index is 13.7. The molecule has 2 N–H and O–H groups in total. The van der Waals surface area contributed by atoms with E-state index in [2.05, 4.69) is 31.2 Å². The second kappa shape index (κ2) is 14.7. The predicted octanol–water partition coefficient (Wildman–Crippen LogP) is 8.47. The molecule has 8 rings (SSSR count). The first-order valence-electron chi connectivity index (χ1n) is 18.5. The minimum atomic E-state index is -0.145. The number of rotatable bonds is 11. The molecule has 0 aromatic heterocycles. The molecule has 0 spiro atoms. The molecule has 4 aromatic carbocycles. The van der Waals surface area contributed by atoms with Crippen molar-refractivity contribution in [1.82, 2.24) is 9.80 Å². The van der Waals surface area contributed by atoms with Gasteiger partial charge >= 0.3 is 0 Å². The second-order valence-corrected chi connectivity index (χ2v) is 14.2. The molecule has 0 saturated heterocycles. The van der Waals surface area contributed by atoms with E-state index in [1.165, 1.54) is 5.56 Å². The van der Waals surface area contributed by atoms with Crippen LogP contribution in [0.3, 0.4) is 0 Å². The van der Waals surface area contributed by atoms with E-state index in [4.69, 9.17) is 29.9 Å². The summed E-state index contributed by atoms with van der Waals surface area (Å²) in [7, 11) is 1.58. The lowest BCUT2D eigenvalue weighted by atomic mass is 10.0. The quantitative estimate of drug-likeness (QED) is 0.123. The number of anilines is 1.